The van der Waals surface area contributed by atoms with Crippen molar-refractivity contribution in [2.75, 3.05) is 0 Å². The predicted molar refractivity (Wildman–Crippen MR) is 43.7 cm³/mol. The van der Waals surface area contributed by atoms with Gasteiger partial charge in [-0.05, 0) is 0 Å². The Morgan fingerprint density at radius 3 is 1.00 bits per heavy atom. The third kappa shape index (κ3) is 8.00. The van der Waals surface area contributed by atoms with Crippen LogP contribution in [0.5, 0.6) is 0 Å². The van der Waals surface area contributed by atoms with E-state index in [2.05, 4.69) is 13.8 Å². The van der Waals surface area contributed by atoms with Crippen LogP contribution in [0.2, 0.25) is 0 Å². The van der Waals surface area contributed by atoms with Gasteiger partial charge in [0.15, 0.2) is 0 Å². The smallest absolute Gasteiger partial charge is 0.0533 e. The Balaban J connectivity index is 0.000000148. The van der Waals surface area contributed by atoms with Crippen LogP contribution in [-0.2, 0) is 0 Å². The highest BCUT2D eigenvalue weighted by Gasteiger charge is 1.95. The van der Waals surface area contributed by atoms with E-state index >= 15 is 0 Å². The molecule has 9 heavy (non-hydrogen) atoms. The van der Waals surface area contributed by atoms with Gasteiger partial charge in [-0.1, -0.05) is 58.8 Å². The molecule has 1 fully saturated rings. The lowest BCUT2D eigenvalue weighted by atomic mass is 10.4. The lowest BCUT2D eigenvalue weighted by Crippen LogP contribution is -1.47. The molecular formula is C9H20. The summed E-state index contributed by atoms with van der Waals surface area (Å²) in [6.07, 6.45) is 10.1. The summed E-state index contributed by atoms with van der Waals surface area (Å²) in [5.41, 5.74) is 0. The van der Waals surface area contributed by atoms with E-state index in [1.54, 1.807) is 0 Å². The highest BCUT2D eigenvalue weighted by Crippen LogP contribution is 2.15. The molecule has 0 aromatic carbocycles. The van der Waals surface area contributed by atoms with Gasteiger partial charge in [0.1, 0.15) is 0 Å². The molecule has 0 aromatic heterocycles. The van der Waals surface area contributed by atoms with Crippen molar-refractivity contribution in [3.63, 3.8) is 0 Å². The van der Waals surface area contributed by atoms with Crippen molar-refractivity contribution in [1.29, 1.82) is 0 Å². The van der Waals surface area contributed by atoms with Gasteiger partial charge in [0.25, 0.3) is 0 Å². The SMILES string of the molecule is C1CCCC1.CCCC. The number of rotatable bonds is 1. The number of unbranched alkanes of at least 4 members (excludes halogenated alkanes) is 1. The second-order valence-corrected chi connectivity index (χ2v) is 2.77. The molecule has 0 saturated heterocycles. The van der Waals surface area contributed by atoms with Crippen molar-refractivity contribution in [2.45, 2.75) is 58.8 Å². The molecular weight excluding hydrogens is 108 g/mol. The van der Waals surface area contributed by atoms with Gasteiger partial charge >= 0.3 is 0 Å². The Morgan fingerprint density at radius 1 is 0.667 bits per heavy atom. The first kappa shape index (κ1) is 9.00. The Kier molecular flexibility index (Phi) is 8.00. The maximum Gasteiger partial charge on any atom is -0.0533 e. The Bertz CT molecular complexity index is 25.7. The van der Waals surface area contributed by atoms with Crippen LogP contribution >= 0.6 is 0 Å². The van der Waals surface area contributed by atoms with Gasteiger partial charge in [-0.2, -0.15) is 0 Å². The van der Waals surface area contributed by atoms with E-state index in [4.69, 9.17) is 0 Å². The van der Waals surface area contributed by atoms with Crippen molar-refractivity contribution >= 4 is 0 Å². The van der Waals surface area contributed by atoms with Gasteiger partial charge in [-0.25, -0.2) is 0 Å². The molecule has 0 unspecified atom stereocenters. The molecule has 0 radical (unpaired) electrons. The zero-order valence-corrected chi connectivity index (χ0v) is 6.95. The molecule has 0 heteroatoms. The van der Waals surface area contributed by atoms with Crippen LogP contribution in [0.15, 0.2) is 0 Å². The molecule has 0 nitrogen and oxygen atoms in total. The summed E-state index contributed by atoms with van der Waals surface area (Å²) in [5.74, 6) is 0. The van der Waals surface area contributed by atoms with Crippen LogP contribution in [0.25, 0.3) is 0 Å². The molecule has 1 rings (SSSR count). The first-order chi connectivity index (χ1) is 4.41. The van der Waals surface area contributed by atoms with Crippen LogP contribution in [0, 0.1) is 0 Å². The summed E-state index contributed by atoms with van der Waals surface area (Å²) in [4.78, 5) is 0. The van der Waals surface area contributed by atoms with Crippen LogP contribution in [0.4, 0.5) is 0 Å². The highest BCUT2D eigenvalue weighted by atomic mass is 14.0. The molecule has 0 heterocycles. The second-order valence-electron chi connectivity index (χ2n) is 2.77. The Morgan fingerprint density at radius 2 is 0.889 bits per heavy atom. The van der Waals surface area contributed by atoms with Crippen LogP contribution in [0.1, 0.15) is 58.8 Å². The van der Waals surface area contributed by atoms with Crippen LogP contribution in [-0.4, -0.2) is 0 Å². The van der Waals surface area contributed by atoms with E-state index in [-0.39, 0.29) is 0 Å². The molecule has 56 valence electrons. The van der Waals surface area contributed by atoms with Gasteiger partial charge in [0, 0.05) is 0 Å². The summed E-state index contributed by atoms with van der Waals surface area (Å²) in [6, 6.07) is 0. The van der Waals surface area contributed by atoms with E-state index in [1.807, 2.05) is 0 Å². The molecule has 1 aliphatic carbocycles. The van der Waals surface area contributed by atoms with E-state index in [0.717, 1.165) is 0 Å². The van der Waals surface area contributed by atoms with E-state index in [9.17, 15) is 0 Å². The molecule has 0 bridgehead atoms. The molecule has 0 amide bonds. The van der Waals surface area contributed by atoms with Crippen LogP contribution in [0.3, 0.4) is 0 Å². The van der Waals surface area contributed by atoms with Gasteiger partial charge in [-0.15, -0.1) is 0 Å². The molecule has 1 aliphatic rings. The molecule has 0 aromatic rings. The fraction of sp³-hybridized carbons (Fsp3) is 1.00. The first-order valence-electron chi connectivity index (χ1n) is 4.41. The highest BCUT2D eigenvalue weighted by molar-refractivity contribution is 4.51. The zero-order chi connectivity index (χ0) is 6.95. The van der Waals surface area contributed by atoms with Crippen molar-refractivity contribution in [1.82, 2.24) is 0 Å². The van der Waals surface area contributed by atoms with Gasteiger partial charge in [0.05, 0.1) is 0 Å². The molecule has 0 spiro atoms. The average Bonchev–Trinajstić information content (AvgIpc) is 2.43. The van der Waals surface area contributed by atoms with Crippen molar-refractivity contribution < 1.29 is 0 Å². The maximum absolute atomic E-state index is 2.18. The minimum atomic E-state index is 1.32. The Labute approximate surface area is 59.7 Å². The summed E-state index contributed by atoms with van der Waals surface area (Å²) in [6.45, 7) is 4.36. The zero-order valence-electron chi connectivity index (χ0n) is 6.95. The van der Waals surface area contributed by atoms with Crippen molar-refractivity contribution in [3.05, 3.63) is 0 Å². The lowest BCUT2D eigenvalue weighted by molar-refractivity contribution is 0.886. The topological polar surface area (TPSA) is 0 Å². The van der Waals surface area contributed by atoms with Crippen molar-refractivity contribution in [3.8, 4) is 0 Å². The molecule has 1 saturated carbocycles. The number of hydrogen-bond donors (Lipinski definition) is 0. The largest absolute Gasteiger partial charge is 0.0654 e. The summed E-state index contributed by atoms with van der Waals surface area (Å²) in [7, 11) is 0. The third-order valence-electron chi connectivity index (χ3n) is 1.75. The summed E-state index contributed by atoms with van der Waals surface area (Å²) >= 11 is 0. The fourth-order valence-corrected chi connectivity index (χ4v) is 0.884. The minimum Gasteiger partial charge on any atom is -0.0654 e. The molecule has 0 aliphatic heterocycles. The fourth-order valence-electron chi connectivity index (χ4n) is 0.884. The monoisotopic (exact) mass is 128 g/mol. The van der Waals surface area contributed by atoms with Gasteiger partial charge in [0.2, 0.25) is 0 Å². The second kappa shape index (κ2) is 8.00. The molecule has 0 N–H and O–H groups in total. The third-order valence-corrected chi connectivity index (χ3v) is 1.75. The normalized spacial score (nSPS) is 16.7. The minimum absolute atomic E-state index is 1.32. The Hall–Kier alpha value is 0. The van der Waals surface area contributed by atoms with Gasteiger partial charge < -0.3 is 0 Å². The predicted octanol–water partition coefficient (Wildman–Crippen LogP) is 3.76. The van der Waals surface area contributed by atoms with Crippen LogP contribution < -0.4 is 0 Å². The summed E-state index contributed by atoms with van der Waals surface area (Å²) in [5, 5.41) is 0. The van der Waals surface area contributed by atoms with Gasteiger partial charge in [-0.3, -0.25) is 0 Å². The first-order valence-corrected chi connectivity index (χ1v) is 4.41. The standard InChI is InChI=1S/C5H10.C4H10/c1-2-4-5-3-1;1-3-4-2/h1-5H2;3-4H2,1-2H3. The molecule has 0 atom stereocenters. The quantitative estimate of drug-likeness (QED) is 0.504. The maximum atomic E-state index is 2.18. The van der Waals surface area contributed by atoms with E-state index < -0.39 is 0 Å². The van der Waals surface area contributed by atoms with E-state index in [1.165, 1.54) is 44.9 Å². The average molecular weight is 128 g/mol. The lowest BCUT2D eigenvalue weighted by Gasteiger charge is -1.68. The van der Waals surface area contributed by atoms with Crippen molar-refractivity contribution in [2.24, 2.45) is 0 Å². The number of hydrogen-bond acceptors (Lipinski definition) is 0. The van der Waals surface area contributed by atoms with E-state index in [0.29, 0.717) is 0 Å². The summed E-state index contributed by atoms with van der Waals surface area (Å²) < 4.78 is 0.